The first kappa shape index (κ1) is 15.0. The van der Waals surface area contributed by atoms with Gasteiger partial charge in [0.05, 0.1) is 25.6 Å². The first-order valence-electron chi connectivity index (χ1n) is 7.46. The smallest absolute Gasteiger partial charge is 0.150 e. The Morgan fingerprint density at radius 1 is 0.652 bits per heavy atom. The normalized spacial score (nSPS) is 10.2. The minimum Gasteiger partial charge on any atom is -0.495 e. The van der Waals surface area contributed by atoms with Crippen molar-refractivity contribution in [1.82, 2.24) is 0 Å². The van der Waals surface area contributed by atoms with Crippen molar-refractivity contribution in [3.05, 3.63) is 72.8 Å². The molecule has 0 bridgehead atoms. The van der Waals surface area contributed by atoms with Gasteiger partial charge in [0, 0.05) is 5.56 Å². The van der Waals surface area contributed by atoms with E-state index in [2.05, 4.69) is 23.5 Å². The number of rotatable bonds is 5. The number of hydrogen-bond acceptors (Lipinski definition) is 3. The summed E-state index contributed by atoms with van der Waals surface area (Å²) in [5, 5.41) is 3.40. The second-order valence-electron chi connectivity index (χ2n) is 5.08. The molecule has 0 aliphatic heterocycles. The maximum atomic E-state index is 5.67. The zero-order chi connectivity index (χ0) is 16.1. The minimum absolute atomic E-state index is 0.791. The fraction of sp³-hybridized carbons (Fsp3) is 0.100. The van der Waals surface area contributed by atoms with E-state index in [9.17, 15) is 0 Å². The van der Waals surface area contributed by atoms with E-state index in [0.29, 0.717) is 0 Å². The zero-order valence-electron chi connectivity index (χ0n) is 13.2. The van der Waals surface area contributed by atoms with Crippen LogP contribution in [0, 0.1) is 0 Å². The highest BCUT2D eigenvalue weighted by atomic mass is 16.5. The van der Waals surface area contributed by atoms with Crippen LogP contribution in [-0.2, 0) is 0 Å². The Labute approximate surface area is 136 Å². The van der Waals surface area contributed by atoms with Crippen LogP contribution in [0.4, 0.5) is 11.4 Å². The summed E-state index contributed by atoms with van der Waals surface area (Å²) in [4.78, 5) is 0. The van der Waals surface area contributed by atoms with E-state index < -0.39 is 0 Å². The molecule has 0 amide bonds. The lowest BCUT2D eigenvalue weighted by molar-refractivity contribution is 0.415. The first-order chi connectivity index (χ1) is 11.3. The van der Waals surface area contributed by atoms with Crippen molar-refractivity contribution >= 4 is 11.4 Å². The lowest BCUT2D eigenvalue weighted by atomic mass is 10.0. The molecule has 0 spiro atoms. The van der Waals surface area contributed by atoms with Gasteiger partial charge in [0.1, 0.15) is 11.5 Å². The van der Waals surface area contributed by atoms with Gasteiger partial charge >= 0.3 is 0 Å². The van der Waals surface area contributed by atoms with E-state index in [1.54, 1.807) is 14.2 Å². The molecule has 0 atom stereocenters. The maximum absolute atomic E-state index is 5.67. The van der Waals surface area contributed by atoms with E-state index in [1.165, 1.54) is 0 Å². The molecule has 3 rings (SSSR count). The SMILES string of the molecule is COc1ccccc1Nc1cccc(-c2ccccc2)c1OC. The number of anilines is 2. The van der Waals surface area contributed by atoms with Gasteiger partial charge in [-0.2, -0.15) is 0 Å². The van der Waals surface area contributed by atoms with Crippen molar-refractivity contribution in [2.75, 3.05) is 19.5 Å². The average molecular weight is 305 g/mol. The second-order valence-corrected chi connectivity index (χ2v) is 5.08. The van der Waals surface area contributed by atoms with Gasteiger partial charge in [-0.05, 0) is 23.8 Å². The Hall–Kier alpha value is -2.94. The molecule has 0 aliphatic rings. The molecule has 3 nitrogen and oxygen atoms in total. The van der Waals surface area contributed by atoms with Gasteiger partial charge in [0.15, 0.2) is 0 Å². The van der Waals surface area contributed by atoms with E-state index in [-0.39, 0.29) is 0 Å². The molecule has 3 aromatic rings. The van der Waals surface area contributed by atoms with E-state index >= 15 is 0 Å². The Bertz CT molecular complexity index is 785. The van der Waals surface area contributed by atoms with E-state index in [4.69, 9.17) is 9.47 Å². The summed E-state index contributed by atoms with van der Waals surface area (Å²) in [6.07, 6.45) is 0. The molecule has 1 N–H and O–H groups in total. The fourth-order valence-electron chi connectivity index (χ4n) is 2.59. The third-order valence-electron chi connectivity index (χ3n) is 3.68. The molecule has 0 saturated heterocycles. The summed E-state index contributed by atoms with van der Waals surface area (Å²) < 4.78 is 11.1. The number of benzene rings is 3. The monoisotopic (exact) mass is 305 g/mol. The molecule has 0 aliphatic carbocycles. The van der Waals surface area contributed by atoms with E-state index in [0.717, 1.165) is 34.0 Å². The van der Waals surface area contributed by atoms with Crippen molar-refractivity contribution < 1.29 is 9.47 Å². The molecule has 116 valence electrons. The minimum atomic E-state index is 0.791. The third kappa shape index (κ3) is 3.14. The van der Waals surface area contributed by atoms with Crippen LogP contribution >= 0.6 is 0 Å². The molecular weight excluding hydrogens is 286 g/mol. The molecule has 0 radical (unpaired) electrons. The van der Waals surface area contributed by atoms with Crippen LogP contribution in [0.2, 0.25) is 0 Å². The lowest BCUT2D eigenvalue weighted by Gasteiger charge is -2.16. The number of methoxy groups -OCH3 is 2. The zero-order valence-corrected chi connectivity index (χ0v) is 13.2. The molecule has 0 aromatic heterocycles. The van der Waals surface area contributed by atoms with Gasteiger partial charge in [-0.1, -0.05) is 54.6 Å². The van der Waals surface area contributed by atoms with E-state index in [1.807, 2.05) is 54.6 Å². The molecule has 23 heavy (non-hydrogen) atoms. The average Bonchev–Trinajstić information content (AvgIpc) is 2.62. The van der Waals surface area contributed by atoms with Gasteiger partial charge in [0.2, 0.25) is 0 Å². The van der Waals surface area contributed by atoms with Crippen LogP contribution in [0.25, 0.3) is 11.1 Å². The van der Waals surface area contributed by atoms with Crippen LogP contribution in [0.3, 0.4) is 0 Å². The van der Waals surface area contributed by atoms with Crippen molar-refractivity contribution in [2.45, 2.75) is 0 Å². The van der Waals surface area contributed by atoms with Gasteiger partial charge in [-0.15, -0.1) is 0 Å². The third-order valence-corrected chi connectivity index (χ3v) is 3.68. The summed E-state index contributed by atoms with van der Waals surface area (Å²) in [6, 6.07) is 24.1. The molecule has 3 aromatic carbocycles. The number of ether oxygens (including phenoxy) is 2. The summed E-state index contributed by atoms with van der Waals surface area (Å²) in [6.45, 7) is 0. The largest absolute Gasteiger partial charge is 0.495 e. The lowest BCUT2D eigenvalue weighted by Crippen LogP contribution is -1.98. The van der Waals surface area contributed by atoms with Gasteiger partial charge in [0.25, 0.3) is 0 Å². The number of para-hydroxylation sites is 3. The topological polar surface area (TPSA) is 30.5 Å². The summed E-state index contributed by atoms with van der Waals surface area (Å²) in [5.74, 6) is 1.60. The van der Waals surface area contributed by atoms with Crippen molar-refractivity contribution in [3.8, 4) is 22.6 Å². The highest BCUT2D eigenvalue weighted by Gasteiger charge is 2.12. The van der Waals surface area contributed by atoms with Crippen molar-refractivity contribution in [1.29, 1.82) is 0 Å². The number of nitrogens with one attached hydrogen (secondary N) is 1. The molecule has 0 fully saturated rings. The standard InChI is InChI=1S/C20H19NO2/c1-22-19-14-7-6-12-17(19)21-18-13-8-11-16(20(18)23-2)15-9-4-3-5-10-15/h3-14,21H,1-2H3. The van der Waals surface area contributed by atoms with Gasteiger partial charge < -0.3 is 14.8 Å². The van der Waals surface area contributed by atoms with Crippen molar-refractivity contribution in [3.63, 3.8) is 0 Å². The molecule has 3 heteroatoms. The summed E-state index contributed by atoms with van der Waals surface area (Å²) >= 11 is 0. The predicted octanol–water partition coefficient (Wildman–Crippen LogP) is 5.11. The van der Waals surface area contributed by atoms with Crippen LogP contribution in [0.5, 0.6) is 11.5 Å². The Morgan fingerprint density at radius 3 is 2.09 bits per heavy atom. The second kappa shape index (κ2) is 6.88. The highest BCUT2D eigenvalue weighted by Crippen LogP contribution is 2.39. The Morgan fingerprint density at radius 2 is 1.35 bits per heavy atom. The van der Waals surface area contributed by atoms with Crippen molar-refractivity contribution in [2.24, 2.45) is 0 Å². The molecular formula is C20H19NO2. The number of hydrogen-bond donors (Lipinski definition) is 1. The summed E-state index contributed by atoms with van der Waals surface area (Å²) in [5.41, 5.74) is 3.97. The molecule has 0 heterocycles. The maximum Gasteiger partial charge on any atom is 0.150 e. The first-order valence-corrected chi connectivity index (χ1v) is 7.46. The quantitative estimate of drug-likeness (QED) is 0.710. The Balaban J connectivity index is 2.03. The predicted molar refractivity (Wildman–Crippen MR) is 94.7 cm³/mol. The van der Waals surface area contributed by atoms with Crippen LogP contribution in [0.1, 0.15) is 0 Å². The van der Waals surface area contributed by atoms with Crippen LogP contribution < -0.4 is 14.8 Å². The van der Waals surface area contributed by atoms with Crippen LogP contribution in [0.15, 0.2) is 72.8 Å². The molecule has 0 saturated carbocycles. The van der Waals surface area contributed by atoms with Gasteiger partial charge in [-0.25, -0.2) is 0 Å². The molecule has 0 unspecified atom stereocenters. The fourth-order valence-corrected chi connectivity index (χ4v) is 2.59. The Kier molecular flexibility index (Phi) is 4.48. The van der Waals surface area contributed by atoms with Gasteiger partial charge in [-0.3, -0.25) is 0 Å². The highest BCUT2D eigenvalue weighted by molar-refractivity contribution is 5.81. The summed E-state index contributed by atoms with van der Waals surface area (Å²) in [7, 11) is 3.35. The van der Waals surface area contributed by atoms with Crippen LogP contribution in [-0.4, -0.2) is 14.2 Å².